The Morgan fingerprint density at radius 2 is 1.78 bits per heavy atom. The molecule has 2 aliphatic rings. The summed E-state index contributed by atoms with van der Waals surface area (Å²) in [5.41, 5.74) is 5.28. The lowest BCUT2D eigenvalue weighted by atomic mass is 9.88. The number of aryl methyl sites for hydroxylation is 1. The van der Waals surface area contributed by atoms with Gasteiger partial charge >= 0.3 is 0 Å². The molecule has 0 radical (unpaired) electrons. The Labute approximate surface area is 188 Å². The van der Waals surface area contributed by atoms with E-state index in [1.54, 1.807) is 12.1 Å². The van der Waals surface area contributed by atoms with Gasteiger partial charge in [0.1, 0.15) is 0 Å². The fraction of sp³-hybridized carbons (Fsp3) is 0.296. The predicted molar refractivity (Wildman–Crippen MR) is 127 cm³/mol. The summed E-state index contributed by atoms with van der Waals surface area (Å²) in [7, 11) is 1.50. The van der Waals surface area contributed by atoms with Crippen LogP contribution in [0.4, 0.5) is 11.4 Å². The summed E-state index contributed by atoms with van der Waals surface area (Å²) in [6, 6.07) is 22.0. The summed E-state index contributed by atoms with van der Waals surface area (Å²) >= 11 is 0. The number of nitrogens with zero attached hydrogens (tertiary/aromatic N) is 2. The van der Waals surface area contributed by atoms with Crippen LogP contribution in [0.2, 0.25) is 0 Å². The number of rotatable bonds is 3. The molecule has 3 aromatic rings. The zero-order valence-corrected chi connectivity index (χ0v) is 18.5. The number of fused-ring (bicyclic) bond motifs is 2. The molecule has 2 atom stereocenters. The molecule has 3 aromatic carbocycles. The van der Waals surface area contributed by atoms with Gasteiger partial charge in [-0.2, -0.15) is 0 Å². The third-order valence-corrected chi connectivity index (χ3v) is 6.73. The molecule has 5 nitrogen and oxygen atoms in total. The number of hydrogen-bond acceptors (Lipinski definition) is 4. The van der Waals surface area contributed by atoms with Crippen molar-refractivity contribution in [1.29, 1.82) is 0 Å². The van der Waals surface area contributed by atoms with Crippen LogP contribution in [0.1, 0.15) is 47.3 Å². The van der Waals surface area contributed by atoms with Crippen molar-refractivity contribution in [2.24, 2.45) is 0 Å². The number of benzene rings is 3. The Bertz CT molecular complexity index is 1160. The fourth-order valence-corrected chi connectivity index (χ4v) is 5.23. The standard InChI is InChI=1S/C27H28N2O3/c1-18-16-24(28-15-7-9-19-8-3-5-11-22(19)28)21-10-4-6-12-23(21)29(18)27(31)20-13-14-26(32-2)25(30)17-20/h3-6,8,10-14,17-18,24,30H,7,9,15-16H2,1-2H3. The number of para-hydroxylation sites is 2. The monoisotopic (exact) mass is 428 g/mol. The van der Waals surface area contributed by atoms with E-state index >= 15 is 0 Å². The molecule has 1 amide bonds. The van der Waals surface area contributed by atoms with Gasteiger partial charge in [0.15, 0.2) is 11.5 Å². The lowest BCUT2D eigenvalue weighted by molar-refractivity contribution is 0.0973. The van der Waals surface area contributed by atoms with E-state index in [9.17, 15) is 9.90 Å². The quantitative estimate of drug-likeness (QED) is 0.612. The van der Waals surface area contributed by atoms with Gasteiger partial charge in [-0.15, -0.1) is 0 Å². The van der Waals surface area contributed by atoms with E-state index in [1.807, 2.05) is 17.0 Å². The lowest BCUT2D eigenvalue weighted by Gasteiger charge is -2.46. The molecule has 5 heteroatoms. The molecular formula is C27H28N2O3. The predicted octanol–water partition coefficient (Wildman–Crippen LogP) is 5.33. The molecule has 0 bridgehead atoms. The molecule has 0 aromatic heterocycles. The Morgan fingerprint density at radius 3 is 2.56 bits per heavy atom. The second kappa shape index (κ2) is 8.23. The normalized spacial score (nSPS) is 19.8. The highest BCUT2D eigenvalue weighted by molar-refractivity contribution is 6.07. The van der Waals surface area contributed by atoms with Gasteiger partial charge in [0, 0.05) is 29.5 Å². The van der Waals surface area contributed by atoms with E-state index in [4.69, 9.17) is 4.74 Å². The maximum absolute atomic E-state index is 13.6. The third kappa shape index (κ3) is 3.38. The van der Waals surface area contributed by atoms with Crippen LogP contribution in [0.25, 0.3) is 0 Å². The van der Waals surface area contributed by atoms with Gasteiger partial charge in [-0.05, 0) is 67.6 Å². The number of anilines is 2. The van der Waals surface area contributed by atoms with E-state index in [-0.39, 0.29) is 23.7 Å². The van der Waals surface area contributed by atoms with Gasteiger partial charge in [-0.25, -0.2) is 0 Å². The summed E-state index contributed by atoms with van der Waals surface area (Å²) in [6.45, 7) is 3.13. The van der Waals surface area contributed by atoms with E-state index in [0.29, 0.717) is 11.3 Å². The first-order valence-corrected chi connectivity index (χ1v) is 11.2. The molecule has 0 saturated heterocycles. The highest BCUT2D eigenvalue weighted by Crippen LogP contribution is 2.44. The van der Waals surface area contributed by atoms with Crippen molar-refractivity contribution in [1.82, 2.24) is 0 Å². The van der Waals surface area contributed by atoms with Crippen LogP contribution < -0.4 is 14.5 Å². The molecule has 2 unspecified atom stereocenters. The van der Waals surface area contributed by atoms with Crippen LogP contribution in [-0.4, -0.2) is 30.7 Å². The minimum Gasteiger partial charge on any atom is -0.504 e. The number of carbonyl (C=O) groups excluding carboxylic acids is 1. The van der Waals surface area contributed by atoms with Crippen LogP contribution in [0.15, 0.2) is 66.7 Å². The molecule has 0 spiro atoms. The molecule has 5 rings (SSSR count). The molecule has 1 N–H and O–H groups in total. The smallest absolute Gasteiger partial charge is 0.258 e. The minimum absolute atomic E-state index is 0.0146. The van der Waals surface area contributed by atoms with Crippen molar-refractivity contribution >= 4 is 17.3 Å². The van der Waals surface area contributed by atoms with Gasteiger partial charge in [0.25, 0.3) is 5.91 Å². The number of ether oxygens (including phenoxy) is 1. The first-order valence-electron chi connectivity index (χ1n) is 11.2. The number of carbonyl (C=O) groups is 1. The number of hydrogen-bond donors (Lipinski definition) is 1. The fourth-order valence-electron chi connectivity index (χ4n) is 5.23. The Morgan fingerprint density at radius 1 is 1.03 bits per heavy atom. The summed E-state index contributed by atoms with van der Waals surface area (Å²) < 4.78 is 5.13. The van der Waals surface area contributed by atoms with Crippen LogP contribution in [-0.2, 0) is 6.42 Å². The first-order chi connectivity index (χ1) is 15.6. The number of amides is 1. The van der Waals surface area contributed by atoms with Crippen LogP contribution >= 0.6 is 0 Å². The Hall–Kier alpha value is -3.47. The Kier molecular flexibility index (Phi) is 5.25. The summed E-state index contributed by atoms with van der Waals surface area (Å²) in [5.74, 6) is 0.219. The SMILES string of the molecule is COc1ccc(C(=O)N2c3ccccc3C(N3CCCc4ccccc43)CC2C)cc1O. The van der Waals surface area contributed by atoms with E-state index in [2.05, 4.69) is 48.2 Å². The highest BCUT2D eigenvalue weighted by atomic mass is 16.5. The molecule has 0 aliphatic carbocycles. The maximum atomic E-state index is 13.6. The van der Waals surface area contributed by atoms with E-state index in [1.165, 1.54) is 30.0 Å². The average Bonchev–Trinajstić information content (AvgIpc) is 2.83. The van der Waals surface area contributed by atoms with Gasteiger partial charge in [0.2, 0.25) is 0 Å². The number of aromatic hydroxyl groups is 1. The number of methoxy groups -OCH3 is 1. The topological polar surface area (TPSA) is 53.0 Å². The first kappa shape index (κ1) is 20.4. The van der Waals surface area contributed by atoms with Crippen molar-refractivity contribution in [2.75, 3.05) is 23.5 Å². The molecular weight excluding hydrogens is 400 g/mol. The summed E-state index contributed by atoms with van der Waals surface area (Å²) in [6.07, 6.45) is 3.10. The van der Waals surface area contributed by atoms with Gasteiger partial charge in [-0.3, -0.25) is 4.79 Å². The van der Waals surface area contributed by atoms with Crippen molar-refractivity contribution < 1.29 is 14.6 Å². The second-order valence-corrected chi connectivity index (χ2v) is 8.65. The summed E-state index contributed by atoms with van der Waals surface area (Å²) in [4.78, 5) is 18.0. The highest BCUT2D eigenvalue weighted by Gasteiger charge is 2.37. The maximum Gasteiger partial charge on any atom is 0.258 e. The van der Waals surface area contributed by atoms with Gasteiger partial charge < -0.3 is 19.6 Å². The van der Waals surface area contributed by atoms with Crippen molar-refractivity contribution in [3.8, 4) is 11.5 Å². The van der Waals surface area contributed by atoms with Gasteiger partial charge in [0.05, 0.1) is 13.2 Å². The molecule has 0 fully saturated rings. The Balaban J connectivity index is 1.54. The van der Waals surface area contributed by atoms with E-state index < -0.39 is 0 Å². The number of phenols is 1. The van der Waals surface area contributed by atoms with Crippen molar-refractivity contribution in [3.05, 3.63) is 83.4 Å². The van der Waals surface area contributed by atoms with Crippen molar-refractivity contribution in [3.63, 3.8) is 0 Å². The summed E-state index contributed by atoms with van der Waals surface area (Å²) in [5, 5.41) is 10.2. The van der Waals surface area contributed by atoms with E-state index in [0.717, 1.165) is 31.5 Å². The molecule has 2 aliphatic heterocycles. The number of phenolic OH excluding ortho intramolecular Hbond substituents is 1. The van der Waals surface area contributed by atoms with Gasteiger partial charge in [-0.1, -0.05) is 36.4 Å². The van der Waals surface area contributed by atoms with Crippen LogP contribution in [0.3, 0.4) is 0 Å². The van der Waals surface area contributed by atoms with Crippen LogP contribution in [0, 0.1) is 0 Å². The molecule has 32 heavy (non-hydrogen) atoms. The molecule has 164 valence electrons. The third-order valence-electron chi connectivity index (χ3n) is 6.73. The zero-order chi connectivity index (χ0) is 22.2. The molecule has 2 heterocycles. The minimum atomic E-state index is -0.111. The molecule has 0 saturated carbocycles. The van der Waals surface area contributed by atoms with Crippen LogP contribution in [0.5, 0.6) is 11.5 Å². The largest absolute Gasteiger partial charge is 0.504 e. The van der Waals surface area contributed by atoms with Crippen molar-refractivity contribution in [2.45, 2.75) is 38.3 Å². The average molecular weight is 429 g/mol. The lowest BCUT2D eigenvalue weighted by Crippen LogP contribution is -2.47. The second-order valence-electron chi connectivity index (χ2n) is 8.65. The zero-order valence-electron chi connectivity index (χ0n) is 18.5.